The van der Waals surface area contributed by atoms with E-state index in [2.05, 4.69) is 0 Å². The molecule has 0 saturated heterocycles. The molecule has 104 valence electrons. The molecule has 0 spiro atoms. The van der Waals surface area contributed by atoms with E-state index in [9.17, 15) is 13.6 Å². The monoisotopic (exact) mass is 296 g/mol. The van der Waals surface area contributed by atoms with E-state index in [0.29, 0.717) is 16.3 Å². The van der Waals surface area contributed by atoms with Crippen LogP contribution in [0.15, 0.2) is 36.4 Å². The Morgan fingerprint density at radius 3 is 2.40 bits per heavy atom. The second kappa shape index (κ2) is 6.01. The maximum absolute atomic E-state index is 13.1. The highest BCUT2D eigenvalue weighted by Gasteiger charge is 2.13. The van der Waals surface area contributed by atoms with Crippen molar-refractivity contribution in [1.82, 2.24) is 0 Å². The van der Waals surface area contributed by atoms with Gasteiger partial charge >= 0.3 is 0 Å². The SMILES string of the molecule is COc1ccc(Cl)cc1CC(=O)c1cc(F)cc(F)c1. The van der Waals surface area contributed by atoms with Gasteiger partial charge in [0.25, 0.3) is 0 Å². The van der Waals surface area contributed by atoms with Gasteiger partial charge in [0.15, 0.2) is 5.78 Å². The van der Waals surface area contributed by atoms with E-state index in [1.54, 1.807) is 18.2 Å². The smallest absolute Gasteiger partial charge is 0.167 e. The van der Waals surface area contributed by atoms with Gasteiger partial charge in [-0.05, 0) is 30.3 Å². The van der Waals surface area contributed by atoms with Crippen molar-refractivity contribution in [1.29, 1.82) is 0 Å². The predicted molar refractivity (Wildman–Crippen MR) is 72.4 cm³/mol. The fourth-order valence-electron chi connectivity index (χ4n) is 1.88. The van der Waals surface area contributed by atoms with Crippen LogP contribution in [0.1, 0.15) is 15.9 Å². The van der Waals surface area contributed by atoms with Gasteiger partial charge in [-0.1, -0.05) is 11.6 Å². The summed E-state index contributed by atoms with van der Waals surface area (Å²) in [6.07, 6.45) is -0.0490. The number of hydrogen-bond donors (Lipinski definition) is 0. The average molecular weight is 297 g/mol. The number of carbonyl (C=O) groups is 1. The van der Waals surface area contributed by atoms with Gasteiger partial charge in [-0.15, -0.1) is 0 Å². The number of hydrogen-bond acceptors (Lipinski definition) is 2. The molecule has 2 nitrogen and oxygen atoms in total. The first-order valence-electron chi connectivity index (χ1n) is 5.81. The largest absolute Gasteiger partial charge is 0.496 e. The van der Waals surface area contributed by atoms with Crippen molar-refractivity contribution < 1.29 is 18.3 Å². The number of methoxy groups -OCH3 is 1. The molecule has 20 heavy (non-hydrogen) atoms. The minimum atomic E-state index is -0.786. The zero-order valence-corrected chi connectivity index (χ0v) is 11.4. The summed E-state index contributed by atoms with van der Waals surface area (Å²) in [6.45, 7) is 0. The summed E-state index contributed by atoms with van der Waals surface area (Å²) in [4.78, 5) is 12.1. The Balaban J connectivity index is 2.29. The fraction of sp³-hybridized carbons (Fsp3) is 0.133. The van der Waals surface area contributed by atoms with Gasteiger partial charge in [0.2, 0.25) is 0 Å². The van der Waals surface area contributed by atoms with E-state index in [-0.39, 0.29) is 12.0 Å². The van der Waals surface area contributed by atoms with E-state index in [4.69, 9.17) is 16.3 Å². The lowest BCUT2D eigenvalue weighted by Gasteiger charge is -2.08. The van der Waals surface area contributed by atoms with Gasteiger partial charge in [-0.25, -0.2) is 8.78 Å². The van der Waals surface area contributed by atoms with E-state index in [1.165, 1.54) is 7.11 Å². The minimum Gasteiger partial charge on any atom is -0.496 e. The molecule has 0 unspecified atom stereocenters. The van der Waals surface area contributed by atoms with Gasteiger partial charge in [-0.2, -0.15) is 0 Å². The van der Waals surface area contributed by atoms with Crippen molar-refractivity contribution in [2.75, 3.05) is 7.11 Å². The standard InChI is InChI=1S/C15H11ClF2O2/c1-20-15-3-2-11(16)4-10(15)7-14(19)9-5-12(17)8-13(18)6-9/h2-6,8H,7H2,1H3. The van der Waals surface area contributed by atoms with Crippen molar-refractivity contribution in [3.05, 3.63) is 64.2 Å². The lowest BCUT2D eigenvalue weighted by molar-refractivity contribution is 0.0991. The molecule has 2 aromatic carbocycles. The summed E-state index contributed by atoms with van der Waals surface area (Å²) in [6, 6.07) is 7.59. The molecule has 2 aromatic rings. The average Bonchev–Trinajstić information content (AvgIpc) is 2.37. The van der Waals surface area contributed by atoms with Gasteiger partial charge in [0.1, 0.15) is 17.4 Å². The molecule has 0 fully saturated rings. The second-order valence-electron chi connectivity index (χ2n) is 4.21. The molecule has 0 saturated carbocycles. The number of Topliss-reactive ketones (excluding diaryl/α,β-unsaturated/α-hetero) is 1. The molecule has 2 rings (SSSR count). The van der Waals surface area contributed by atoms with Crippen LogP contribution in [0.3, 0.4) is 0 Å². The first-order valence-corrected chi connectivity index (χ1v) is 6.19. The van der Waals surface area contributed by atoms with Crippen molar-refractivity contribution in [2.24, 2.45) is 0 Å². The van der Waals surface area contributed by atoms with Crippen molar-refractivity contribution in [3.63, 3.8) is 0 Å². The van der Waals surface area contributed by atoms with E-state index >= 15 is 0 Å². The number of carbonyl (C=O) groups excluding carboxylic acids is 1. The molecule has 0 aliphatic carbocycles. The van der Waals surface area contributed by atoms with Crippen molar-refractivity contribution >= 4 is 17.4 Å². The highest BCUT2D eigenvalue weighted by molar-refractivity contribution is 6.30. The summed E-state index contributed by atoms with van der Waals surface area (Å²) in [5.74, 6) is -1.48. The summed E-state index contributed by atoms with van der Waals surface area (Å²) in [5, 5.41) is 0.457. The minimum absolute atomic E-state index is 0.0236. The molecule has 0 aromatic heterocycles. The van der Waals surface area contributed by atoms with Crippen LogP contribution < -0.4 is 4.74 Å². The summed E-state index contributed by atoms with van der Waals surface area (Å²) < 4.78 is 31.3. The van der Waals surface area contributed by atoms with E-state index in [0.717, 1.165) is 18.2 Å². The molecule has 0 aliphatic rings. The third-order valence-electron chi connectivity index (χ3n) is 2.78. The highest BCUT2D eigenvalue weighted by atomic mass is 35.5. The molecule has 0 bridgehead atoms. The Kier molecular flexibility index (Phi) is 4.35. The second-order valence-corrected chi connectivity index (χ2v) is 4.65. The van der Waals surface area contributed by atoms with Crippen LogP contribution in [-0.2, 0) is 6.42 Å². The van der Waals surface area contributed by atoms with E-state index < -0.39 is 17.4 Å². The predicted octanol–water partition coefficient (Wildman–Crippen LogP) is 4.05. The van der Waals surface area contributed by atoms with Crippen LogP contribution in [0.25, 0.3) is 0 Å². The molecule has 0 amide bonds. The van der Waals surface area contributed by atoms with Crippen molar-refractivity contribution in [3.8, 4) is 5.75 Å². The third kappa shape index (κ3) is 3.33. The number of rotatable bonds is 4. The number of ketones is 1. The zero-order chi connectivity index (χ0) is 14.7. The van der Waals surface area contributed by atoms with Crippen LogP contribution in [0.5, 0.6) is 5.75 Å². The summed E-state index contributed by atoms with van der Waals surface area (Å²) in [7, 11) is 1.47. The molecule has 0 N–H and O–H groups in total. The Labute approximate surface area is 119 Å². The van der Waals surface area contributed by atoms with Gasteiger partial charge in [-0.3, -0.25) is 4.79 Å². The first-order chi connectivity index (χ1) is 9.49. The van der Waals surface area contributed by atoms with Crippen LogP contribution >= 0.6 is 11.6 Å². The van der Waals surface area contributed by atoms with Crippen LogP contribution in [0.4, 0.5) is 8.78 Å². The van der Waals surface area contributed by atoms with Crippen LogP contribution in [0.2, 0.25) is 5.02 Å². The maximum Gasteiger partial charge on any atom is 0.167 e. The number of halogens is 3. The molecule has 0 aliphatic heterocycles. The topological polar surface area (TPSA) is 26.3 Å². The normalized spacial score (nSPS) is 10.4. The highest BCUT2D eigenvalue weighted by Crippen LogP contribution is 2.24. The lowest BCUT2D eigenvalue weighted by atomic mass is 10.0. The molecule has 5 heteroatoms. The molecule has 0 radical (unpaired) electrons. The Morgan fingerprint density at radius 2 is 1.80 bits per heavy atom. The zero-order valence-electron chi connectivity index (χ0n) is 10.6. The molecule has 0 heterocycles. The van der Waals surface area contributed by atoms with Crippen LogP contribution in [-0.4, -0.2) is 12.9 Å². The van der Waals surface area contributed by atoms with Gasteiger partial charge in [0.05, 0.1) is 7.11 Å². The van der Waals surface area contributed by atoms with Gasteiger partial charge in [0, 0.05) is 28.6 Å². The van der Waals surface area contributed by atoms with E-state index in [1.807, 2.05) is 0 Å². The van der Waals surface area contributed by atoms with Crippen molar-refractivity contribution in [2.45, 2.75) is 6.42 Å². The quantitative estimate of drug-likeness (QED) is 0.796. The fourth-order valence-corrected chi connectivity index (χ4v) is 2.07. The Bertz CT molecular complexity index is 636. The maximum atomic E-state index is 13.1. The van der Waals surface area contributed by atoms with Crippen LogP contribution in [0, 0.1) is 11.6 Å². The summed E-state index contributed by atoms with van der Waals surface area (Å²) >= 11 is 5.87. The first kappa shape index (κ1) is 14.5. The van der Waals surface area contributed by atoms with Gasteiger partial charge < -0.3 is 4.74 Å². The summed E-state index contributed by atoms with van der Waals surface area (Å²) in [5.41, 5.74) is 0.541. The third-order valence-corrected chi connectivity index (χ3v) is 3.01. The Morgan fingerprint density at radius 1 is 1.15 bits per heavy atom. The number of ether oxygens (including phenoxy) is 1. The lowest BCUT2D eigenvalue weighted by Crippen LogP contribution is -2.06. The number of benzene rings is 2. The Hall–Kier alpha value is -1.94. The molecular weight excluding hydrogens is 286 g/mol. The molecular formula is C15H11ClF2O2. The molecule has 0 atom stereocenters.